The summed E-state index contributed by atoms with van der Waals surface area (Å²) in [5.41, 5.74) is 0. The van der Waals surface area contributed by atoms with Crippen LogP contribution in [0.2, 0.25) is 0 Å². The number of rotatable bonds is 2. The average Bonchev–Trinajstić information content (AvgIpc) is 2.72. The van der Waals surface area contributed by atoms with Gasteiger partial charge in [-0.1, -0.05) is 0 Å². The molecule has 0 radical (unpaired) electrons. The van der Waals surface area contributed by atoms with Gasteiger partial charge in [0.25, 0.3) is 0 Å². The smallest absolute Gasteiger partial charge is 0.249 e. The second-order valence-corrected chi connectivity index (χ2v) is 4.05. The highest BCUT2D eigenvalue weighted by Gasteiger charge is 2.25. The maximum atomic E-state index is 11.6. The average molecular weight is 198 g/mol. The zero-order chi connectivity index (χ0) is 9.80. The van der Waals surface area contributed by atoms with Crippen LogP contribution in [0.25, 0.3) is 0 Å². The van der Waals surface area contributed by atoms with Crippen molar-refractivity contribution in [3.05, 3.63) is 0 Å². The first-order valence-electron chi connectivity index (χ1n) is 5.49. The monoisotopic (exact) mass is 198 g/mol. The first-order chi connectivity index (χ1) is 6.86. The third-order valence-corrected chi connectivity index (χ3v) is 2.87. The number of carbonyl (C=O) groups is 1. The van der Waals surface area contributed by atoms with E-state index in [-0.39, 0.29) is 12.0 Å². The normalized spacial score (nSPS) is 32.9. The molecule has 2 heterocycles. The fraction of sp³-hybridized carbons (Fsp3) is 0.900. The lowest BCUT2D eigenvalue weighted by molar-refractivity contribution is -0.130. The molecule has 1 amide bonds. The minimum absolute atomic E-state index is 0.0798. The Balaban J connectivity index is 1.75. The number of carbonyl (C=O) groups excluding carboxylic acids is 1. The molecule has 2 fully saturated rings. The summed E-state index contributed by atoms with van der Waals surface area (Å²) in [6.07, 6.45) is 3.95. The van der Waals surface area contributed by atoms with Gasteiger partial charge in [-0.25, -0.2) is 0 Å². The van der Waals surface area contributed by atoms with Crippen LogP contribution in [-0.4, -0.2) is 37.7 Å². The van der Waals surface area contributed by atoms with Gasteiger partial charge in [-0.2, -0.15) is 0 Å². The van der Waals surface area contributed by atoms with E-state index in [0.717, 1.165) is 45.4 Å². The second-order valence-electron chi connectivity index (χ2n) is 4.05. The predicted molar refractivity (Wildman–Crippen MR) is 53.0 cm³/mol. The molecule has 0 spiro atoms. The van der Waals surface area contributed by atoms with Crippen molar-refractivity contribution in [3.8, 4) is 0 Å². The molecule has 0 bridgehead atoms. The van der Waals surface area contributed by atoms with E-state index in [0.29, 0.717) is 6.04 Å². The summed E-state index contributed by atoms with van der Waals surface area (Å²) in [7, 11) is 0. The van der Waals surface area contributed by atoms with Crippen molar-refractivity contribution >= 4 is 5.91 Å². The molecule has 2 atom stereocenters. The predicted octanol–water partition coefficient (Wildman–Crippen LogP) is 0.0336. The van der Waals surface area contributed by atoms with Crippen LogP contribution in [0.3, 0.4) is 0 Å². The standard InChI is InChI=1S/C10H18N2O2/c13-10(9-4-2-6-14-9)12-8-3-1-5-11-7-8/h8-9,11H,1-7H2,(H,12,13)/t8?,9-/m1/s1. The molecule has 0 aromatic carbocycles. The molecular weight excluding hydrogens is 180 g/mol. The Labute approximate surface area is 84.4 Å². The Morgan fingerprint density at radius 3 is 2.93 bits per heavy atom. The summed E-state index contributed by atoms with van der Waals surface area (Å²) in [5, 5.41) is 6.31. The summed E-state index contributed by atoms with van der Waals surface area (Å²) in [5.74, 6) is 0.0798. The van der Waals surface area contributed by atoms with E-state index < -0.39 is 0 Å². The molecule has 1 unspecified atom stereocenters. The van der Waals surface area contributed by atoms with Gasteiger partial charge in [-0.15, -0.1) is 0 Å². The Morgan fingerprint density at radius 2 is 2.29 bits per heavy atom. The van der Waals surface area contributed by atoms with Gasteiger partial charge in [0.15, 0.2) is 0 Å². The van der Waals surface area contributed by atoms with E-state index in [4.69, 9.17) is 4.74 Å². The minimum atomic E-state index is -0.183. The van der Waals surface area contributed by atoms with Gasteiger partial charge in [0.1, 0.15) is 6.10 Å². The molecule has 2 rings (SSSR count). The molecule has 0 aromatic heterocycles. The van der Waals surface area contributed by atoms with Crippen LogP contribution in [0, 0.1) is 0 Å². The van der Waals surface area contributed by atoms with Crippen LogP contribution in [0.15, 0.2) is 0 Å². The summed E-state index contributed by atoms with van der Waals surface area (Å²) in [6, 6.07) is 0.306. The summed E-state index contributed by atoms with van der Waals surface area (Å²) >= 11 is 0. The minimum Gasteiger partial charge on any atom is -0.368 e. The zero-order valence-electron chi connectivity index (χ0n) is 8.42. The first-order valence-corrected chi connectivity index (χ1v) is 5.49. The van der Waals surface area contributed by atoms with Crippen LogP contribution < -0.4 is 10.6 Å². The highest BCUT2D eigenvalue weighted by molar-refractivity contribution is 5.81. The fourth-order valence-corrected chi connectivity index (χ4v) is 2.05. The number of hydrogen-bond acceptors (Lipinski definition) is 3. The van der Waals surface area contributed by atoms with Gasteiger partial charge in [-0.3, -0.25) is 4.79 Å². The van der Waals surface area contributed by atoms with E-state index in [1.54, 1.807) is 0 Å². The summed E-state index contributed by atoms with van der Waals surface area (Å²) < 4.78 is 5.32. The molecule has 0 aromatic rings. The Hall–Kier alpha value is -0.610. The van der Waals surface area contributed by atoms with E-state index in [9.17, 15) is 4.79 Å². The molecule has 4 nitrogen and oxygen atoms in total. The van der Waals surface area contributed by atoms with Crippen molar-refractivity contribution < 1.29 is 9.53 Å². The molecular formula is C10H18N2O2. The Kier molecular flexibility index (Phi) is 3.37. The second kappa shape index (κ2) is 4.75. The molecule has 2 aliphatic rings. The summed E-state index contributed by atoms with van der Waals surface area (Å²) in [4.78, 5) is 11.6. The van der Waals surface area contributed by atoms with Crippen molar-refractivity contribution in [2.45, 2.75) is 37.8 Å². The van der Waals surface area contributed by atoms with Crippen molar-refractivity contribution in [1.82, 2.24) is 10.6 Å². The molecule has 14 heavy (non-hydrogen) atoms. The molecule has 0 saturated carbocycles. The number of nitrogens with one attached hydrogen (secondary N) is 2. The SMILES string of the molecule is O=C(NC1CCCNC1)[C@H]1CCCO1. The van der Waals surface area contributed by atoms with Gasteiger partial charge in [0.2, 0.25) is 5.91 Å². The van der Waals surface area contributed by atoms with Crippen LogP contribution >= 0.6 is 0 Å². The molecule has 0 aliphatic carbocycles. The zero-order valence-corrected chi connectivity index (χ0v) is 8.42. The summed E-state index contributed by atoms with van der Waals surface area (Å²) in [6.45, 7) is 2.71. The van der Waals surface area contributed by atoms with E-state index in [1.165, 1.54) is 0 Å². The largest absolute Gasteiger partial charge is 0.368 e. The van der Waals surface area contributed by atoms with Crippen LogP contribution in [0.5, 0.6) is 0 Å². The van der Waals surface area contributed by atoms with Crippen LogP contribution in [0.1, 0.15) is 25.7 Å². The highest BCUT2D eigenvalue weighted by Crippen LogP contribution is 2.12. The lowest BCUT2D eigenvalue weighted by Gasteiger charge is -2.24. The molecule has 2 N–H and O–H groups in total. The fourth-order valence-electron chi connectivity index (χ4n) is 2.05. The Morgan fingerprint density at radius 1 is 1.36 bits per heavy atom. The van der Waals surface area contributed by atoms with E-state index >= 15 is 0 Å². The van der Waals surface area contributed by atoms with Gasteiger partial charge < -0.3 is 15.4 Å². The lowest BCUT2D eigenvalue weighted by atomic mass is 10.1. The van der Waals surface area contributed by atoms with Gasteiger partial charge in [0.05, 0.1) is 0 Å². The van der Waals surface area contributed by atoms with Crippen LogP contribution in [0.4, 0.5) is 0 Å². The third-order valence-electron chi connectivity index (χ3n) is 2.87. The number of ether oxygens (including phenoxy) is 1. The Bertz CT molecular complexity index is 196. The number of hydrogen-bond donors (Lipinski definition) is 2. The van der Waals surface area contributed by atoms with Gasteiger partial charge >= 0.3 is 0 Å². The van der Waals surface area contributed by atoms with Gasteiger partial charge in [-0.05, 0) is 32.2 Å². The van der Waals surface area contributed by atoms with E-state index in [2.05, 4.69) is 10.6 Å². The van der Waals surface area contributed by atoms with Crippen molar-refractivity contribution in [2.75, 3.05) is 19.7 Å². The van der Waals surface area contributed by atoms with Crippen molar-refractivity contribution in [1.29, 1.82) is 0 Å². The number of amides is 1. The molecule has 2 aliphatic heterocycles. The highest BCUT2D eigenvalue weighted by atomic mass is 16.5. The van der Waals surface area contributed by atoms with E-state index in [1.807, 2.05) is 0 Å². The molecule has 2 saturated heterocycles. The third kappa shape index (κ3) is 2.45. The van der Waals surface area contributed by atoms with Crippen molar-refractivity contribution in [2.24, 2.45) is 0 Å². The lowest BCUT2D eigenvalue weighted by Crippen LogP contribution is -2.48. The van der Waals surface area contributed by atoms with Crippen LogP contribution in [-0.2, 0) is 9.53 Å². The van der Waals surface area contributed by atoms with Gasteiger partial charge in [0, 0.05) is 19.2 Å². The maximum Gasteiger partial charge on any atom is 0.249 e. The number of piperidine rings is 1. The van der Waals surface area contributed by atoms with Crippen molar-refractivity contribution in [3.63, 3.8) is 0 Å². The quantitative estimate of drug-likeness (QED) is 0.658. The maximum absolute atomic E-state index is 11.6. The molecule has 80 valence electrons. The first kappa shape index (κ1) is 9.93. The molecule has 4 heteroatoms. The topological polar surface area (TPSA) is 50.4 Å².